The molecule has 1 rings (SSSR count). The van der Waals surface area contributed by atoms with Gasteiger partial charge < -0.3 is 5.32 Å². The Balaban J connectivity index is 3.06. The number of aryl methyl sites for hydroxylation is 1. The fraction of sp³-hybridized carbons (Fsp3) is 0.667. The molecular formula is C12H21N3O2S. The minimum atomic E-state index is -3.16. The smallest absolute Gasteiger partial charge is 0.157 e. The highest BCUT2D eigenvalue weighted by Crippen LogP contribution is 2.20. The molecule has 0 aliphatic rings. The largest absolute Gasteiger partial charge is 0.310 e. The first-order valence-electron chi connectivity index (χ1n) is 6.03. The molecule has 2 unspecified atom stereocenters. The molecule has 0 radical (unpaired) electrons. The number of rotatable bonds is 5. The van der Waals surface area contributed by atoms with E-state index in [1.54, 1.807) is 13.1 Å². The third-order valence-electron chi connectivity index (χ3n) is 3.02. The van der Waals surface area contributed by atoms with Gasteiger partial charge >= 0.3 is 0 Å². The summed E-state index contributed by atoms with van der Waals surface area (Å²) in [5.74, 6) is 0.363. The Labute approximate surface area is 109 Å². The van der Waals surface area contributed by atoms with E-state index in [4.69, 9.17) is 0 Å². The molecule has 1 aromatic heterocycles. The van der Waals surface area contributed by atoms with Gasteiger partial charge in [0.05, 0.1) is 0 Å². The molecule has 1 heterocycles. The topological polar surface area (TPSA) is 72.0 Å². The standard InChI is InChI=1S/C12H21N3O2S/c1-6-13-8(2)11-7-14-12(15-9(11)3)10(4)18(5,16)17/h7-8,10,13H,6H2,1-5H3. The molecule has 1 N–H and O–H groups in total. The lowest BCUT2D eigenvalue weighted by Gasteiger charge is -2.16. The number of sulfone groups is 1. The van der Waals surface area contributed by atoms with Crippen molar-refractivity contribution in [3.63, 3.8) is 0 Å². The zero-order valence-electron chi connectivity index (χ0n) is 11.6. The summed E-state index contributed by atoms with van der Waals surface area (Å²) in [6, 6.07) is 0.164. The summed E-state index contributed by atoms with van der Waals surface area (Å²) in [7, 11) is -3.16. The molecule has 1 aromatic rings. The Hall–Kier alpha value is -1.01. The summed E-state index contributed by atoms with van der Waals surface area (Å²) in [6.45, 7) is 8.42. The first-order chi connectivity index (χ1) is 8.27. The maximum absolute atomic E-state index is 11.5. The van der Waals surface area contributed by atoms with Crippen molar-refractivity contribution in [2.45, 2.75) is 39.0 Å². The van der Waals surface area contributed by atoms with E-state index in [0.717, 1.165) is 17.8 Å². The van der Waals surface area contributed by atoms with E-state index in [1.807, 2.05) is 20.8 Å². The molecule has 0 saturated heterocycles. The molecule has 0 fully saturated rings. The van der Waals surface area contributed by atoms with E-state index in [2.05, 4.69) is 15.3 Å². The average Bonchev–Trinajstić information content (AvgIpc) is 2.26. The maximum Gasteiger partial charge on any atom is 0.157 e. The predicted molar refractivity (Wildman–Crippen MR) is 72.1 cm³/mol. The summed E-state index contributed by atoms with van der Waals surface area (Å²) in [4.78, 5) is 8.49. The van der Waals surface area contributed by atoms with Crippen LogP contribution in [-0.2, 0) is 9.84 Å². The molecule has 0 aliphatic carbocycles. The average molecular weight is 271 g/mol. The molecule has 0 amide bonds. The van der Waals surface area contributed by atoms with Crippen LogP contribution in [0.3, 0.4) is 0 Å². The van der Waals surface area contributed by atoms with E-state index in [-0.39, 0.29) is 6.04 Å². The summed E-state index contributed by atoms with van der Waals surface area (Å²) >= 11 is 0. The normalized spacial score (nSPS) is 15.4. The van der Waals surface area contributed by atoms with Crippen LogP contribution >= 0.6 is 0 Å². The highest BCUT2D eigenvalue weighted by Gasteiger charge is 2.21. The van der Waals surface area contributed by atoms with Gasteiger partial charge in [0.25, 0.3) is 0 Å². The van der Waals surface area contributed by atoms with Crippen LogP contribution in [0.25, 0.3) is 0 Å². The van der Waals surface area contributed by atoms with Crippen molar-refractivity contribution >= 4 is 9.84 Å². The number of hydrogen-bond donors (Lipinski definition) is 1. The van der Waals surface area contributed by atoms with E-state index in [1.165, 1.54) is 6.26 Å². The fourth-order valence-corrected chi connectivity index (χ4v) is 2.22. The zero-order chi connectivity index (χ0) is 13.9. The molecule has 102 valence electrons. The SMILES string of the molecule is CCNC(C)c1cnc(C(C)S(C)(=O)=O)nc1C. The van der Waals surface area contributed by atoms with Crippen molar-refractivity contribution in [3.05, 3.63) is 23.3 Å². The van der Waals surface area contributed by atoms with Crippen LogP contribution in [0.2, 0.25) is 0 Å². The van der Waals surface area contributed by atoms with Gasteiger partial charge in [0.1, 0.15) is 11.1 Å². The third-order valence-corrected chi connectivity index (χ3v) is 4.51. The van der Waals surface area contributed by atoms with Gasteiger partial charge in [0, 0.05) is 29.8 Å². The van der Waals surface area contributed by atoms with Crippen molar-refractivity contribution < 1.29 is 8.42 Å². The van der Waals surface area contributed by atoms with Gasteiger partial charge in [-0.05, 0) is 27.3 Å². The molecule has 0 bridgehead atoms. The molecule has 2 atom stereocenters. The lowest BCUT2D eigenvalue weighted by Crippen LogP contribution is -2.20. The molecular weight excluding hydrogens is 250 g/mol. The number of aromatic nitrogens is 2. The Bertz CT molecular complexity index is 514. The minimum Gasteiger partial charge on any atom is -0.310 e. The Morgan fingerprint density at radius 2 is 2.00 bits per heavy atom. The third kappa shape index (κ3) is 3.49. The predicted octanol–water partition coefficient (Wildman–Crippen LogP) is 1.56. The molecule has 18 heavy (non-hydrogen) atoms. The highest BCUT2D eigenvalue weighted by molar-refractivity contribution is 7.90. The van der Waals surface area contributed by atoms with Crippen LogP contribution in [0.5, 0.6) is 0 Å². The second kappa shape index (κ2) is 5.75. The highest BCUT2D eigenvalue weighted by atomic mass is 32.2. The molecule has 0 aliphatic heterocycles. The molecule has 5 nitrogen and oxygen atoms in total. The van der Waals surface area contributed by atoms with Crippen LogP contribution in [0, 0.1) is 6.92 Å². The van der Waals surface area contributed by atoms with E-state index in [9.17, 15) is 8.42 Å². The lowest BCUT2D eigenvalue weighted by atomic mass is 10.1. The van der Waals surface area contributed by atoms with Crippen LogP contribution < -0.4 is 5.32 Å². The van der Waals surface area contributed by atoms with Gasteiger partial charge in [-0.15, -0.1) is 0 Å². The maximum atomic E-state index is 11.5. The van der Waals surface area contributed by atoms with Crippen LogP contribution in [0.1, 0.15) is 49.1 Å². The first kappa shape index (κ1) is 15.0. The Morgan fingerprint density at radius 3 is 2.44 bits per heavy atom. The van der Waals surface area contributed by atoms with Crippen molar-refractivity contribution in [1.29, 1.82) is 0 Å². The monoisotopic (exact) mass is 271 g/mol. The number of hydrogen-bond acceptors (Lipinski definition) is 5. The second-order valence-corrected chi connectivity index (χ2v) is 6.89. The van der Waals surface area contributed by atoms with Crippen LogP contribution in [0.4, 0.5) is 0 Å². The van der Waals surface area contributed by atoms with E-state index < -0.39 is 15.1 Å². The quantitative estimate of drug-likeness (QED) is 0.880. The molecule has 0 spiro atoms. The van der Waals surface area contributed by atoms with Gasteiger partial charge in [0.2, 0.25) is 0 Å². The zero-order valence-corrected chi connectivity index (χ0v) is 12.4. The first-order valence-corrected chi connectivity index (χ1v) is 7.98. The molecule has 0 aromatic carbocycles. The van der Waals surface area contributed by atoms with Crippen molar-refractivity contribution in [2.75, 3.05) is 12.8 Å². The van der Waals surface area contributed by atoms with Gasteiger partial charge in [-0.2, -0.15) is 0 Å². The number of nitrogens with zero attached hydrogens (tertiary/aromatic N) is 2. The van der Waals surface area contributed by atoms with Gasteiger partial charge in [-0.25, -0.2) is 18.4 Å². The number of nitrogens with one attached hydrogen (secondary N) is 1. The van der Waals surface area contributed by atoms with E-state index >= 15 is 0 Å². The molecule has 6 heteroatoms. The molecule has 0 saturated carbocycles. The second-order valence-electron chi connectivity index (χ2n) is 4.52. The van der Waals surface area contributed by atoms with Gasteiger partial charge in [-0.3, -0.25) is 0 Å². The summed E-state index contributed by atoms with van der Waals surface area (Å²) in [5.41, 5.74) is 1.82. The Morgan fingerprint density at radius 1 is 1.39 bits per heavy atom. The van der Waals surface area contributed by atoms with E-state index in [0.29, 0.717) is 5.82 Å². The van der Waals surface area contributed by atoms with Crippen molar-refractivity contribution in [1.82, 2.24) is 15.3 Å². The van der Waals surface area contributed by atoms with Crippen molar-refractivity contribution in [3.8, 4) is 0 Å². The van der Waals surface area contributed by atoms with Gasteiger partial charge in [-0.1, -0.05) is 6.92 Å². The fourth-order valence-electron chi connectivity index (χ4n) is 1.72. The van der Waals surface area contributed by atoms with Crippen LogP contribution in [-0.4, -0.2) is 31.2 Å². The summed E-state index contributed by atoms with van der Waals surface area (Å²) < 4.78 is 22.9. The lowest BCUT2D eigenvalue weighted by molar-refractivity contribution is 0.581. The summed E-state index contributed by atoms with van der Waals surface area (Å²) in [5, 5.41) is 2.62. The van der Waals surface area contributed by atoms with Crippen molar-refractivity contribution in [2.24, 2.45) is 0 Å². The Kier molecular flexibility index (Phi) is 4.81. The van der Waals surface area contributed by atoms with Crippen LogP contribution in [0.15, 0.2) is 6.20 Å². The minimum absolute atomic E-state index is 0.164. The summed E-state index contributed by atoms with van der Waals surface area (Å²) in [6.07, 6.45) is 2.91. The van der Waals surface area contributed by atoms with Gasteiger partial charge in [0.15, 0.2) is 9.84 Å².